The topological polar surface area (TPSA) is 177 Å². The molecule has 5 N–H and O–H groups in total. The molecular weight excluding hydrogens is 648 g/mol. The second-order valence-corrected chi connectivity index (χ2v) is 14.2. The van der Waals surface area contributed by atoms with Crippen LogP contribution in [0.3, 0.4) is 0 Å². The number of carboxylic acids is 1. The van der Waals surface area contributed by atoms with Gasteiger partial charge in [-0.1, -0.05) is 78.9 Å². The molecule has 2 atom stereocenters. The smallest absolute Gasteiger partial charge is 0.326 e. The average molecular weight is 691 g/mol. The van der Waals surface area contributed by atoms with Gasteiger partial charge in [0.05, 0.1) is 18.8 Å². The number of aliphatic carboxylic acids is 1. The van der Waals surface area contributed by atoms with Crippen molar-refractivity contribution in [3.63, 3.8) is 0 Å². The monoisotopic (exact) mass is 690 g/mol. The van der Waals surface area contributed by atoms with E-state index >= 15 is 0 Å². The van der Waals surface area contributed by atoms with Crippen LogP contribution in [0.2, 0.25) is 0 Å². The first-order valence-electron chi connectivity index (χ1n) is 16.2. The zero-order chi connectivity index (χ0) is 34.8. The first-order chi connectivity index (χ1) is 23.5. The molecule has 0 aromatic heterocycles. The fourth-order valence-corrected chi connectivity index (χ4v) is 7.28. The van der Waals surface area contributed by atoms with Crippen LogP contribution >= 0.6 is 0 Å². The first kappa shape index (κ1) is 35.7. The van der Waals surface area contributed by atoms with Crippen molar-refractivity contribution < 1.29 is 32.7 Å². The van der Waals surface area contributed by atoms with Gasteiger partial charge in [-0.05, 0) is 34.2 Å². The van der Waals surface area contributed by atoms with E-state index in [9.17, 15) is 32.7 Å². The summed E-state index contributed by atoms with van der Waals surface area (Å²) in [6.07, 6.45) is -0.126. The van der Waals surface area contributed by atoms with Crippen molar-refractivity contribution >= 4 is 33.7 Å². The number of fused-ring (bicyclic) bond motifs is 13. The number of rotatable bonds is 5. The molecule has 3 heterocycles. The summed E-state index contributed by atoms with van der Waals surface area (Å²) in [5, 5.41) is 18.5. The maximum absolute atomic E-state index is 13.7. The number of sulfonamides is 1. The molecule has 0 saturated carbocycles. The third-order valence-electron chi connectivity index (χ3n) is 8.49. The Morgan fingerprint density at radius 3 is 1.78 bits per heavy atom. The van der Waals surface area contributed by atoms with Gasteiger partial charge in [0.15, 0.2) is 0 Å². The Labute approximate surface area is 286 Å². The van der Waals surface area contributed by atoms with Crippen molar-refractivity contribution in [3.8, 4) is 0 Å². The van der Waals surface area contributed by atoms with E-state index in [1.54, 1.807) is 66.7 Å². The van der Waals surface area contributed by atoms with Crippen LogP contribution in [0.1, 0.15) is 27.8 Å². The molecule has 260 valence electrons. The number of piperazine rings is 1. The predicted molar refractivity (Wildman–Crippen MR) is 182 cm³/mol. The molecule has 6 rings (SSSR count). The normalized spacial score (nSPS) is 23.0. The second-order valence-electron chi connectivity index (χ2n) is 12.5. The van der Waals surface area contributed by atoms with Crippen molar-refractivity contribution in [1.82, 2.24) is 30.5 Å². The average Bonchev–Trinajstić information content (AvgIpc) is 3.07. The van der Waals surface area contributed by atoms with Crippen LogP contribution in [0.4, 0.5) is 0 Å². The lowest BCUT2D eigenvalue weighted by atomic mass is 10.0. The highest BCUT2D eigenvalue weighted by Crippen LogP contribution is 2.13. The largest absolute Gasteiger partial charge is 0.480 e. The van der Waals surface area contributed by atoms with E-state index < -0.39 is 34.0 Å². The molecule has 13 nitrogen and oxygen atoms in total. The van der Waals surface area contributed by atoms with Crippen LogP contribution < -0.4 is 20.7 Å². The van der Waals surface area contributed by atoms with Gasteiger partial charge in [-0.3, -0.25) is 24.2 Å². The number of benzene rings is 3. The van der Waals surface area contributed by atoms with Gasteiger partial charge in [0.2, 0.25) is 27.7 Å². The van der Waals surface area contributed by atoms with E-state index in [4.69, 9.17) is 0 Å². The number of nitrogens with zero attached hydrogens (tertiary/aromatic N) is 2. The van der Waals surface area contributed by atoms with E-state index in [1.807, 2.05) is 21.9 Å². The molecule has 1 fully saturated rings. The second kappa shape index (κ2) is 16.7. The van der Waals surface area contributed by atoms with Gasteiger partial charge in [-0.15, -0.1) is 0 Å². The summed E-state index contributed by atoms with van der Waals surface area (Å²) in [5.41, 5.74) is 3.30. The molecule has 49 heavy (non-hydrogen) atoms. The van der Waals surface area contributed by atoms with Crippen LogP contribution in [0.15, 0.2) is 78.9 Å². The summed E-state index contributed by atoms with van der Waals surface area (Å²) in [6, 6.07) is 20.0. The number of amides is 3. The zero-order valence-electron chi connectivity index (χ0n) is 27.1. The summed E-state index contributed by atoms with van der Waals surface area (Å²) in [7, 11) is -4.03. The number of carboxylic acid groups (broad SMARTS) is 1. The lowest BCUT2D eigenvalue weighted by molar-refractivity contribution is -0.142. The third-order valence-corrected chi connectivity index (χ3v) is 9.85. The molecule has 0 radical (unpaired) electrons. The van der Waals surface area contributed by atoms with Crippen molar-refractivity contribution in [2.24, 2.45) is 0 Å². The summed E-state index contributed by atoms with van der Waals surface area (Å²) in [5.74, 6) is -2.75. The minimum atomic E-state index is -4.03. The van der Waals surface area contributed by atoms with Gasteiger partial charge in [0, 0.05) is 45.7 Å². The molecule has 1 saturated heterocycles. The van der Waals surface area contributed by atoms with Crippen LogP contribution in [0.25, 0.3) is 0 Å². The maximum Gasteiger partial charge on any atom is 0.326 e. The number of hydrogen-bond donors (Lipinski definition) is 5. The molecule has 3 aromatic carbocycles. The predicted octanol–water partition coefficient (Wildman–Crippen LogP) is 0.393. The Balaban J connectivity index is 1.40. The minimum Gasteiger partial charge on any atom is -0.480 e. The summed E-state index contributed by atoms with van der Waals surface area (Å²) in [4.78, 5) is 55.6. The standard InChI is InChI=1S/C35H42N6O7S/c42-32-22-40-12-14-41(15-13-40)23-33(43)37-21-29-11-5-9-27(17-29)19-31(35(45)46)38-34(44)30(18-26-8-4-10-28(16-26)20-36-32)39-49(47,48)24-25-6-2-1-3-7-25/h1-11,16-17,30-31,39H,12-15,18-24H2,(H,36,42)(H,37,43)(H,38,44)(H,45,46)/t30-,31+/m1/s1. The van der Waals surface area contributed by atoms with Gasteiger partial charge in [0.1, 0.15) is 12.1 Å². The maximum atomic E-state index is 13.7. The van der Waals surface area contributed by atoms with Crippen molar-refractivity contribution in [1.29, 1.82) is 0 Å². The van der Waals surface area contributed by atoms with E-state index in [0.717, 1.165) is 11.1 Å². The Morgan fingerprint density at radius 2 is 1.24 bits per heavy atom. The van der Waals surface area contributed by atoms with Gasteiger partial charge in [-0.25, -0.2) is 17.9 Å². The van der Waals surface area contributed by atoms with Crippen molar-refractivity contribution in [3.05, 3.63) is 107 Å². The molecule has 0 aliphatic carbocycles. The Morgan fingerprint density at radius 1 is 0.735 bits per heavy atom. The van der Waals surface area contributed by atoms with E-state index in [0.29, 0.717) is 42.9 Å². The SMILES string of the molecule is O=C1CN2CCN(CC2)CC(=O)NCc2cccc(c2)C[C@@H](NS(=O)(=O)Cc2ccccc2)C(=O)N[C@H](C(=O)O)Cc2cccc(c2)CN1. The molecule has 14 heteroatoms. The number of nitrogens with one attached hydrogen (secondary N) is 4. The summed E-state index contributed by atoms with van der Waals surface area (Å²) >= 11 is 0. The third kappa shape index (κ3) is 11.2. The summed E-state index contributed by atoms with van der Waals surface area (Å²) in [6.45, 7) is 3.49. The Hall–Kier alpha value is -4.63. The van der Waals surface area contributed by atoms with Gasteiger partial charge < -0.3 is 21.1 Å². The van der Waals surface area contributed by atoms with Crippen LogP contribution in [-0.2, 0) is 60.9 Å². The lowest BCUT2D eigenvalue weighted by Crippen LogP contribution is -2.53. The van der Waals surface area contributed by atoms with Gasteiger partial charge in [0.25, 0.3) is 0 Å². The Bertz CT molecular complexity index is 1750. The molecule has 0 unspecified atom stereocenters. The van der Waals surface area contributed by atoms with Gasteiger partial charge in [-0.2, -0.15) is 0 Å². The molecular formula is C35H42N6O7S. The lowest BCUT2D eigenvalue weighted by Gasteiger charge is -2.33. The molecule has 3 aliphatic heterocycles. The molecule has 3 amide bonds. The zero-order valence-corrected chi connectivity index (χ0v) is 28.0. The summed E-state index contributed by atoms with van der Waals surface area (Å²) < 4.78 is 29.1. The van der Waals surface area contributed by atoms with Crippen molar-refractivity contribution in [2.75, 3.05) is 39.3 Å². The highest BCUT2D eigenvalue weighted by Gasteiger charge is 2.29. The molecule has 6 bridgehead atoms. The van der Waals surface area contributed by atoms with Crippen LogP contribution in [0, 0.1) is 0 Å². The fourth-order valence-electron chi connectivity index (χ4n) is 5.94. The molecule has 3 aromatic rings. The highest BCUT2D eigenvalue weighted by molar-refractivity contribution is 7.88. The fraction of sp³-hybridized carbons (Fsp3) is 0.371. The van der Waals surface area contributed by atoms with Crippen LogP contribution in [-0.4, -0.2) is 98.4 Å². The molecule has 0 spiro atoms. The Kier molecular flexibility index (Phi) is 12.1. The quantitative estimate of drug-likeness (QED) is 0.254. The number of hydrogen-bond acceptors (Lipinski definition) is 8. The first-order valence-corrected chi connectivity index (χ1v) is 17.9. The van der Waals surface area contributed by atoms with Crippen molar-refractivity contribution in [2.45, 2.75) is 43.8 Å². The van der Waals surface area contributed by atoms with Gasteiger partial charge >= 0.3 is 5.97 Å². The minimum absolute atomic E-state index is 0.0621. The molecule has 3 aliphatic rings. The van der Waals surface area contributed by atoms with E-state index in [-0.39, 0.29) is 56.6 Å². The van der Waals surface area contributed by atoms with E-state index in [2.05, 4.69) is 20.7 Å². The number of carbonyl (C=O) groups is 4. The van der Waals surface area contributed by atoms with E-state index in [1.165, 1.54) is 0 Å². The van der Waals surface area contributed by atoms with Crippen LogP contribution in [0.5, 0.6) is 0 Å². The number of carbonyl (C=O) groups excluding carboxylic acids is 3. The highest BCUT2D eigenvalue weighted by atomic mass is 32.2.